The van der Waals surface area contributed by atoms with Gasteiger partial charge in [-0.25, -0.2) is 0 Å². The molecule has 0 aliphatic carbocycles. The number of nitrogens with zero attached hydrogens (tertiary/aromatic N) is 1. The molecule has 118 valence electrons. The molecule has 0 saturated carbocycles. The third kappa shape index (κ3) is 5.61. The molecule has 0 unspecified atom stereocenters. The molecule has 6 heteroatoms. The molecule has 1 aromatic rings. The first-order chi connectivity index (χ1) is 9.83. The molecule has 1 aromatic carbocycles. The number of nitrogens with one attached hydrogen (secondary N) is 2. The first kappa shape index (κ1) is 17.9. The molecule has 0 atom stereocenters. The number of ether oxygens (including phenoxy) is 2. The Balaban J connectivity index is 0.00000220. The predicted octanol–water partition coefficient (Wildman–Crippen LogP) is 2.19. The Kier molecular flexibility index (Phi) is 8.26. The van der Waals surface area contributed by atoms with Crippen molar-refractivity contribution in [3.8, 4) is 11.5 Å². The van der Waals surface area contributed by atoms with E-state index in [2.05, 4.69) is 15.6 Å². The Bertz CT molecular complexity index is 466. The van der Waals surface area contributed by atoms with Crippen LogP contribution in [0.2, 0.25) is 0 Å². The van der Waals surface area contributed by atoms with Gasteiger partial charge < -0.3 is 20.1 Å². The first-order valence-electron chi connectivity index (χ1n) is 7.06. The molecule has 2 N–H and O–H groups in total. The summed E-state index contributed by atoms with van der Waals surface area (Å²) in [4.78, 5) is 4.38. The van der Waals surface area contributed by atoms with Crippen LogP contribution in [0.5, 0.6) is 11.5 Å². The second-order valence-electron chi connectivity index (χ2n) is 4.72. The van der Waals surface area contributed by atoms with Crippen LogP contribution in [0.4, 0.5) is 0 Å². The summed E-state index contributed by atoms with van der Waals surface area (Å²) >= 11 is 0. The molecule has 1 heterocycles. The second-order valence-corrected chi connectivity index (χ2v) is 4.72. The van der Waals surface area contributed by atoms with Crippen LogP contribution in [-0.4, -0.2) is 39.8 Å². The van der Waals surface area contributed by atoms with E-state index in [1.165, 1.54) is 5.56 Å². The van der Waals surface area contributed by atoms with Crippen molar-refractivity contribution in [2.75, 3.05) is 33.9 Å². The lowest BCUT2D eigenvalue weighted by Gasteiger charge is -2.16. The lowest BCUT2D eigenvalue weighted by molar-refractivity contribution is 0.398. The van der Waals surface area contributed by atoms with Crippen LogP contribution in [0.25, 0.3) is 0 Å². The minimum Gasteiger partial charge on any atom is -0.497 e. The average Bonchev–Trinajstić information content (AvgIpc) is 2.52. The van der Waals surface area contributed by atoms with Crippen molar-refractivity contribution in [3.63, 3.8) is 0 Å². The van der Waals surface area contributed by atoms with Crippen molar-refractivity contribution < 1.29 is 9.47 Å². The van der Waals surface area contributed by atoms with Crippen molar-refractivity contribution in [2.24, 2.45) is 4.99 Å². The van der Waals surface area contributed by atoms with E-state index in [4.69, 9.17) is 9.47 Å². The maximum Gasteiger partial charge on any atom is 0.191 e. The van der Waals surface area contributed by atoms with Crippen LogP contribution < -0.4 is 20.1 Å². The summed E-state index contributed by atoms with van der Waals surface area (Å²) in [6.07, 6.45) is 3.08. The molecule has 0 saturated heterocycles. The molecule has 0 amide bonds. The van der Waals surface area contributed by atoms with Gasteiger partial charge in [0.1, 0.15) is 11.5 Å². The summed E-state index contributed by atoms with van der Waals surface area (Å²) in [7, 11) is 3.38. The Hall–Kier alpha value is -1.18. The van der Waals surface area contributed by atoms with Crippen molar-refractivity contribution in [1.82, 2.24) is 10.6 Å². The van der Waals surface area contributed by atoms with E-state index in [-0.39, 0.29) is 24.0 Å². The van der Waals surface area contributed by atoms with Crippen molar-refractivity contribution in [3.05, 3.63) is 23.8 Å². The molecule has 21 heavy (non-hydrogen) atoms. The molecular formula is C15H24IN3O2. The van der Waals surface area contributed by atoms with Crippen molar-refractivity contribution in [2.45, 2.75) is 19.3 Å². The normalized spacial score (nSPS) is 13.5. The molecule has 0 fully saturated rings. The minimum atomic E-state index is 0. The summed E-state index contributed by atoms with van der Waals surface area (Å²) in [5.74, 6) is 2.71. The number of aryl methyl sites for hydroxylation is 1. The Morgan fingerprint density at radius 3 is 2.81 bits per heavy atom. The summed E-state index contributed by atoms with van der Waals surface area (Å²) in [5.41, 5.74) is 1.17. The zero-order valence-corrected chi connectivity index (χ0v) is 15.0. The molecular weight excluding hydrogens is 381 g/mol. The van der Waals surface area contributed by atoms with E-state index in [1.54, 1.807) is 14.2 Å². The third-order valence-corrected chi connectivity index (χ3v) is 3.30. The van der Waals surface area contributed by atoms with Gasteiger partial charge in [-0.2, -0.15) is 0 Å². The second kappa shape index (κ2) is 9.70. The lowest BCUT2D eigenvalue weighted by Crippen LogP contribution is -2.41. The summed E-state index contributed by atoms with van der Waals surface area (Å²) in [6.45, 7) is 2.82. The Morgan fingerprint density at radius 2 is 2.14 bits per heavy atom. The SMILES string of the molecule is COc1ccc(OC)c(CCCNC2=NCCCN2)c1.I. The number of halogens is 1. The highest BCUT2D eigenvalue weighted by molar-refractivity contribution is 14.0. The van der Waals surface area contributed by atoms with Gasteiger partial charge in [-0.3, -0.25) is 4.99 Å². The number of benzene rings is 1. The molecule has 5 nitrogen and oxygen atoms in total. The van der Waals surface area contributed by atoms with E-state index in [0.29, 0.717) is 0 Å². The number of hydrogen-bond acceptors (Lipinski definition) is 5. The van der Waals surface area contributed by atoms with Gasteiger partial charge in [0.25, 0.3) is 0 Å². The van der Waals surface area contributed by atoms with Crippen LogP contribution in [-0.2, 0) is 6.42 Å². The highest BCUT2D eigenvalue weighted by Crippen LogP contribution is 2.24. The van der Waals surface area contributed by atoms with E-state index >= 15 is 0 Å². The quantitative estimate of drug-likeness (QED) is 0.563. The minimum absolute atomic E-state index is 0. The Morgan fingerprint density at radius 1 is 1.29 bits per heavy atom. The van der Waals surface area contributed by atoms with Crippen LogP contribution in [0, 0.1) is 0 Å². The van der Waals surface area contributed by atoms with Gasteiger partial charge in [0.15, 0.2) is 5.96 Å². The average molecular weight is 405 g/mol. The Labute approximate surface area is 143 Å². The van der Waals surface area contributed by atoms with E-state index in [0.717, 1.165) is 56.4 Å². The highest BCUT2D eigenvalue weighted by atomic mass is 127. The largest absolute Gasteiger partial charge is 0.497 e. The molecule has 0 bridgehead atoms. The van der Waals surface area contributed by atoms with Gasteiger partial charge in [0.2, 0.25) is 0 Å². The fraction of sp³-hybridized carbons (Fsp3) is 0.533. The van der Waals surface area contributed by atoms with E-state index in [1.807, 2.05) is 18.2 Å². The number of aliphatic imine (C=N–C) groups is 1. The van der Waals surface area contributed by atoms with E-state index in [9.17, 15) is 0 Å². The standard InChI is InChI=1S/C15H23N3O2.HI/c1-19-13-6-7-14(20-2)12(11-13)5-3-8-16-15-17-9-4-10-18-15;/h6-7,11H,3-5,8-10H2,1-2H3,(H2,16,17,18);1H. The van der Waals surface area contributed by atoms with Crippen LogP contribution in [0.1, 0.15) is 18.4 Å². The van der Waals surface area contributed by atoms with Gasteiger partial charge in [-0.15, -0.1) is 24.0 Å². The highest BCUT2D eigenvalue weighted by Gasteiger charge is 2.06. The van der Waals surface area contributed by atoms with Crippen molar-refractivity contribution >= 4 is 29.9 Å². The van der Waals surface area contributed by atoms with Gasteiger partial charge >= 0.3 is 0 Å². The number of rotatable bonds is 6. The van der Waals surface area contributed by atoms with Gasteiger partial charge in [0.05, 0.1) is 14.2 Å². The molecule has 1 aliphatic rings. The van der Waals surface area contributed by atoms with Crippen molar-refractivity contribution in [1.29, 1.82) is 0 Å². The molecule has 0 aromatic heterocycles. The molecule has 2 rings (SSSR count). The zero-order chi connectivity index (χ0) is 14.2. The van der Waals surface area contributed by atoms with Crippen LogP contribution in [0.3, 0.4) is 0 Å². The maximum absolute atomic E-state index is 5.38. The monoisotopic (exact) mass is 405 g/mol. The molecule has 0 spiro atoms. The molecule has 1 aliphatic heterocycles. The summed E-state index contributed by atoms with van der Waals surface area (Å²) in [6, 6.07) is 5.91. The van der Waals surface area contributed by atoms with Crippen LogP contribution >= 0.6 is 24.0 Å². The molecule has 0 radical (unpaired) electrons. The number of methoxy groups -OCH3 is 2. The van der Waals surface area contributed by atoms with Gasteiger partial charge in [-0.1, -0.05) is 0 Å². The van der Waals surface area contributed by atoms with Gasteiger partial charge in [0, 0.05) is 19.6 Å². The maximum atomic E-state index is 5.38. The summed E-state index contributed by atoms with van der Waals surface area (Å²) in [5, 5.41) is 6.58. The fourth-order valence-electron chi connectivity index (χ4n) is 2.21. The van der Waals surface area contributed by atoms with E-state index < -0.39 is 0 Å². The predicted molar refractivity (Wildman–Crippen MR) is 96.2 cm³/mol. The van der Waals surface area contributed by atoms with Gasteiger partial charge in [-0.05, 0) is 43.0 Å². The first-order valence-corrected chi connectivity index (χ1v) is 7.06. The number of guanidine groups is 1. The lowest BCUT2D eigenvalue weighted by atomic mass is 10.1. The van der Waals surface area contributed by atoms with Crippen LogP contribution in [0.15, 0.2) is 23.2 Å². The topological polar surface area (TPSA) is 54.9 Å². The smallest absolute Gasteiger partial charge is 0.191 e. The summed E-state index contributed by atoms with van der Waals surface area (Å²) < 4.78 is 10.6. The zero-order valence-electron chi connectivity index (χ0n) is 12.6. The third-order valence-electron chi connectivity index (χ3n) is 3.30. The number of hydrogen-bond donors (Lipinski definition) is 2. The fourth-order valence-corrected chi connectivity index (χ4v) is 2.21.